The topological polar surface area (TPSA) is 55.0 Å². The van der Waals surface area contributed by atoms with Crippen LogP contribution in [0, 0.1) is 6.92 Å². The Balaban J connectivity index is 1.85. The number of halogens is 1. The zero-order valence-electron chi connectivity index (χ0n) is 14.2. The number of ether oxygens (including phenoxy) is 1. The highest BCUT2D eigenvalue weighted by Gasteiger charge is 2.14. The van der Waals surface area contributed by atoms with E-state index in [-0.39, 0.29) is 5.56 Å². The van der Waals surface area contributed by atoms with Crippen molar-refractivity contribution in [2.75, 3.05) is 7.11 Å². The summed E-state index contributed by atoms with van der Waals surface area (Å²) in [6.45, 7) is 1.98. The molecular formula is C20H15ClN2O2S. The zero-order valence-corrected chi connectivity index (χ0v) is 15.7. The van der Waals surface area contributed by atoms with Crippen LogP contribution in [0.5, 0.6) is 5.75 Å². The fourth-order valence-corrected chi connectivity index (χ4v) is 4.03. The summed E-state index contributed by atoms with van der Waals surface area (Å²) in [6, 6.07) is 13.1. The number of rotatable bonds is 3. The molecule has 0 saturated heterocycles. The van der Waals surface area contributed by atoms with Crippen LogP contribution in [0.25, 0.3) is 32.7 Å². The van der Waals surface area contributed by atoms with Crippen molar-refractivity contribution in [1.82, 2.24) is 9.97 Å². The Hall–Kier alpha value is -2.63. The first kappa shape index (κ1) is 16.8. The van der Waals surface area contributed by atoms with Gasteiger partial charge < -0.3 is 9.72 Å². The smallest absolute Gasteiger partial charge is 0.260 e. The van der Waals surface area contributed by atoms with Crippen molar-refractivity contribution in [2.24, 2.45) is 0 Å². The van der Waals surface area contributed by atoms with Crippen LogP contribution >= 0.6 is 22.9 Å². The Kier molecular flexibility index (Phi) is 4.26. The lowest BCUT2D eigenvalue weighted by Gasteiger charge is -2.07. The monoisotopic (exact) mass is 382 g/mol. The quantitative estimate of drug-likeness (QED) is 0.523. The van der Waals surface area contributed by atoms with Gasteiger partial charge >= 0.3 is 0 Å². The molecule has 0 aliphatic rings. The molecule has 26 heavy (non-hydrogen) atoms. The molecule has 0 fully saturated rings. The molecule has 0 saturated carbocycles. The van der Waals surface area contributed by atoms with Gasteiger partial charge in [-0.05, 0) is 54.4 Å². The zero-order chi connectivity index (χ0) is 18.3. The molecule has 2 aromatic carbocycles. The SMILES string of the molecule is COc1ccc(-c2csc3nc(-c4ccc(Cl)cc4)[nH]c(=O)c23)cc1C. The maximum absolute atomic E-state index is 12.8. The molecule has 0 unspecified atom stereocenters. The molecule has 0 aliphatic carbocycles. The van der Waals surface area contributed by atoms with Crippen molar-refractivity contribution in [3.63, 3.8) is 0 Å². The Morgan fingerprint density at radius 1 is 1.12 bits per heavy atom. The highest BCUT2D eigenvalue weighted by atomic mass is 35.5. The van der Waals surface area contributed by atoms with Crippen LogP contribution in [0.3, 0.4) is 0 Å². The van der Waals surface area contributed by atoms with Crippen LogP contribution in [-0.4, -0.2) is 17.1 Å². The predicted octanol–water partition coefficient (Wildman–Crippen LogP) is 5.29. The molecule has 0 aliphatic heterocycles. The van der Waals surface area contributed by atoms with Crippen molar-refractivity contribution in [1.29, 1.82) is 0 Å². The Morgan fingerprint density at radius 2 is 1.85 bits per heavy atom. The Bertz CT molecular complexity index is 1160. The van der Waals surface area contributed by atoms with Crippen LogP contribution in [-0.2, 0) is 0 Å². The number of H-pyrrole nitrogens is 1. The average Bonchev–Trinajstić information content (AvgIpc) is 3.07. The van der Waals surface area contributed by atoms with Gasteiger partial charge in [0.25, 0.3) is 5.56 Å². The molecule has 0 radical (unpaired) electrons. The molecule has 4 aromatic rings. The van der Waals surface area contributed by atoms with Gasteiger partial charge in [0.15, 0.2) is 0 Å². The van der Waals surface area contributed by atoms with Crippen LogP contribution < -0.4 is 10.3 Å². The summed E-state index contributed by atoms with van der Waals surface area (Å²) in [6.07, 6.45) is 0. The van der Waals surface area contributed by atoms with Crippen molar-refractivity contribution >= 4 is 33.2 Å². The molecule has 2 heterocycles. The number of nitrogens with one attached hydrogen (secondary N) is 1. The van der Waals surface area contributed by atoms with Gasteiger partial charge in [0.05, 0.1) is 12.5 Å². The number of fused-ring (bicyclic) bond motifs is 1. The number of methoxy groups -OCH3 is 1. The molecule has 1 N–H and O–H groups in total. The molecule has 0 bridgehead atoms. The lowest BCUT2D eigenvalue weighted by Crippen LogP contribution is -2.09. The molecule has 4 nitrogen and oxygen atoms in total. The van der Waals surface area contributed by atoms with Gasteiger partial charge in [-0.2, -0.15) is 0 Å². The first-order valence-electron chi connectivity index (χ1n) is 7.99. The first-order valence-corrected chi connectivity index (χ1v) is 9.25. The maximum Gasteiger partial charge on any atom is 0.260 e. The number of aromatic nitrogens is 2. The molecule has 0 atom stereocenters. The van der Waals surface area contributed by atoms with Gasteiger partial charge in [0, 0.05) is 21.5 Å². The third-order valence-corrected chi connectivity index (χ3v) is 5.39. The van der Waals surface area contributed by atoms with Gasteiger partial charge in [-0.3, -0.25) is 4.79 Å². The van der Waals surface area contributed by atoms with Gasteiger partial charge in [-0.25, -0.2) is 4.98 Å². The minimum Gasteiger partial charge on any atom is -0.496 e. The first-order chi connectivity index (χ1) is 12.6. The minimum absolute atomic E-state index is 0.148. The van der Waals surface area contributed by atoms with E-state index in [0.717, 1.165) is 28.0 Å². The van der Waals surface area contributed by atoms with Crippen molar-refractivity contribution in [3.05, 3.63) is 68.8 Å². The summed E-state index contributed by atoms with van der Waals surface area (Å²) < 4.78 is 5.31. The number of hydrogen-bond acceptors (Lipinski definition) is 4. The van der Waals surface area contributed by atoms with Gasteiger partial charge in [0.1, 0.15) is 16.4 Å². The number of nitrogens with zero attached hydrogens (tertiary/aromatic N) is 1. The van der Waals surface area contributed by atoms with Crippen molar-refractivity contribution in [2.45, 2.75) is 6.92 Å². The van der Waals surface area contributed by atoms with E-state index in [1.54, 1.807) is 19.2 Å². The second kappa shape index (κ2) is 6.59. The molecule has 0 spiro atoms. The van der Waals surface area contributed by atoms with E-state index in [0.29, 0.717) is 21.1 Å². The van der Waals surface area contributed by atoms with E-state index in [1.807, 2.05) is 42.6 Å². The van der Waals surface area contributed by atoms with Crippen LogP contribution in [0.4, 0.5) is 0 Å². The van der Waals surface area contributed by atoms with E-state index in [9.17, 15) is 4.79 Å². The highest BCUT2D eigenvalue weighted by Crippen LogP contribution is 2.33. The maximum atomic E-state index is 12.8. The van der Waals surface area contributed by atoms with Crippen molar-refractivity contribution in [3.8, 4) is 28.3 Å². The summed E-state index contributed by atoms with van der Waals surface area (Å²) in [7, 11) is 1.65. The average molecular weight is 383 g/mol. The van der Waals surface area contributed by atoms with Crippen LogP contribution in [0.15, 0.2) is 52.6 Å². The summed E-state index contributed by atoms with van der Waals surface area (Å²) in [4.78, 5) is 21.0. The van der Waals surface area contributed by atoms with E-state index in [1.165, 1.54) is 11.3 Å². The Morgan fingerprint density at radius 3 is 2.54 bits per heavy atom. The molecule has 2 aromatic heterocycles. The van der Waals surface area contributed by atoms with Crippen LogP contribution in [0.2, 0.25) is 5.02 Å². The molecule has 6 heteroatoms. The fraction of sp³-hybridized carbons (Fsp3) is 0.100. The number of aryl methyl sites for hydroxylation is 1. The summed E-state index contributed by atoms with van der Waals surface area (Å²) in [5.41, 5.74) is 3.55. The molecular weight excluding hydrogens is 368 g/mol. The minimum atomic E-state index is -0.148. The van der Waals surface area contributed by atoms with E-state index >= 15 is 0 Å². The van der Waals surface area contributed by atoms with Crippen LogP contribution in [0.1, 0.15) is 5.56 Å². The summed E-state index contributed by atoms with van der Waals surface area (Å²) in [5.74, 6) is 1.36. The fourth-order valence-electron chi connectivity index (χ4n) is 2.95. The molecule has 0 amide bonds. The summed E-state index contributed by atoms with van der Waals surface area (Å²) >= 11 is 7.39. The van der Waals surface area contributed by atoms with Gasteiger partial charge in [-0.1, -0.05) is 17.7 Å². The normalized spacial score (nSPS) is 11.0. The third-order valence-electron chi connectivity index (χ3n) is 4.27. The number of thiophene rings is 1. The van der Waals surface area contributed by atoms with E-state index in [2.05, 4.69) is 9.97 Å². The number of benzene rings is 2. The lowest BCUT2D eigenvalue weighted by atomic mass is 10.0. The lowest BCUT2D eigenvalue weighted by molar-refractivity contribution is 0.412. The van der Waals surface area contributed by atoms with Gasteiger partial charge in [-0.15, -0.1) is 11.3 Å². The predicted molar refractivity (Wildman–Crippen MR) is 107 cm³/mol. The third kappa shape index (κ3) is 2.89. The number of aromatic amines is 1. The standard InChI is InChI=1S/C20H15ClN2O2S/c1-11-9-13(5-8-16(11)25-2)15-10-26-20-17(15)19(24)22-18(23-20)12-3-6-14(21)7-4-12/h3-10H,1-2H3,(H,22,23,24). The summed E-state index contributed by atoms with van der Waals surface area (Å²) in [5, 5.41) is 3.22. The second-order valence-electron chi connectivity index (χ2n) is 5.94. The largest absolute Gasteiger partial charge is 0.496 e. The Labute approximate surface area is 159 Å². The van der Waals surface area contributed by atoms with E-state index in [4.69, 9.17) is 16.3 Å². The molecule has 130 valence electrons. The van der Waals surface area contributed by atoms with Gasteiger partial charge in [0.2, 0.25) is 0 Å². The van der Waals surface area contributed by atoms with Crippen molar-refractivity contribution < 1.29 is 4.74 Å². The number of hydrogen-bond donors (Lipinski definition) is 1. The highest BCUT2D eigenvalue weighted by molar-refractivity contribution is 7.17. The molecule has 4 rings (SSSR count). The second-order valence-corrected chi connectivity index (χ2v) is 7.23. The van der Waals surface area contributed by atoms with E-state index < -0.39 is 0 Å².